The van der Waals surface area contributed by atoms with Gasteiger partial charge in [0.1, 0.15) is 4.88 Å². The fourth-order valence-electron chi connectivity index (χ4n) is 0.794. The lowest BCUT2D eigenvalue weighted by Gasteiger charge is -1.91. The van der Waals surface area contributed by atoms with Crippen molar-refractivity contribution in [3.05, 3.63) is 28.2 Å². The Morgan fingerprint density at radius 3 is 3.00 bits per heavy atom. The molecule has 0 fully saturated rings. The van der Waals surface area contributed by atoms with Crippen LogP contribution in [0.25, 0.3) is 0 Å². The highest BCUT2D eigenvalue weighted by Gasteiger charge is 2.07. The number of ether oxygens (including phenoxy) is 1. The number of aliphatic imine (C=N–C) groups is 1. The number of allylic oxidation sites excluding steroid dienone is 1. The van der Waals surface area contributed by atoms with Gasteiger partial charge in [-0.3, -0.25) is 4.99 Å². The van der Waals surface area contributed by atoms with Gasteiger partial charge in [0.25, 0.3) is 0 Å². The van der Waals surface area contributed by atoms with Crippen LogP contribution in [0.5, 0.6) is 0 Å². The van der Waals surface area contributed by atoms with E-state index >= 15 is 0 Å². The summed E-state index contributed by atoms with van der Waals surface area (Å²) in [6.07, 6.45) is 2.67. The van der Waals surface area contributed by atoms with Crippen molar-refractivity contribution in [2.24, 2.45) is 16.5 Å². The molecule has 0 bridgehead atoms. The summed E-state index contributed by atoms with van der Waals surface area (Å²) in [6, 6.07) is 1.62. The zero-order chi connectivity index (χ0) is 11.3. The summed E-state index contributed by atoms with van der Waals surface area (Å²) in [4.78, 5) is 15.6. The SMILES string of the molecule is COC(=O)c1cc(N=CC(N)=CN)cs1. The van der Waals surface area contributed by atoms with Crippen molar-refractivity contribution < 1.29 is 9.53 Å². The van der Waals surface area contributed by atoms with Crippen molar-refractivity contribution in [3.63, 3.8) is 0 Å². The van der Waals surface area contributed by atoms with Crippen LogP contribution in [-0.2, 0) is 4.74 Å². The summed E-state index contributed by atoms with van der Waals surface area (Å²) in [6.45, 7) is 0. The molecule has 0 aliphatic carbocycles. The standard InChI is InChI=1S/C9H11N3O2S/c1-14-9(13)8-2-7(5-15-8)12-4-6(11)3-10/h2-5H,10-11H2,1H3. The minimum atomic E-state index is -0.371. The number of thiophene rings is 1. The van der Waals surface area contributed by atoms with Gasteiger partial charge in [-0.05, 0) is 6.07 Å². The number of carbonyl (C=O) groups is 1. The van der Waals surface area contributed by atoms with Gasteiger partial charge in [-0.15, -0.1) is 11.3 Å². The molecule has 0 unspecified atom stereocenters. The lowest BCUT2D eigenvalue weighted by Crippen LogP contribution is -2.00. The Labute approximate surface area is 91.1 Å². The zero-order valence-electron chi connectivity index (χ0n) is 8.14. The molecule has 0 saturated carbocycles. The van der Waals surface area contributed by atoms with Crippen molar-refractivity contribution in [1.29, 1.82) is 0 Å². The van der Waals surface area contributed by atoms with Crippen LogP contribution in [0.15, 0.2) is 28.3 Å². The van der Waals surface area contributed by atoms with E-state index in [4.69, 9.17) is 11.5 Å². The van der Waals surface area contributed by atoms with Crippen LogP contribution < -0.4 is 11.5 Å². The Morgan fingerprint density at radius 1 is 1.67 bits per heavy atom. The average Bonchev–Trinajstić information content (AvgIpc) is 2.73. The first-order chi connectivity index (χ1) is 7.17. The molecule has 0 aromatic carbocycles. The molecule has 1 heterocycles. The van der Waals surface area contributed by atoms with Crippen molar-refractivity contribution in [2.75, 3.05) is 7.11 Å². The molecule has 1 rings (SSSR count). The van der Waals surface area contributed by atoms with Crippen LogP contribution in [0, 0.1) is 0 Å². The van der Waals surface area contributed by atoms with Crippen LogP contribution in [0.3, 0.4) is 0 Å². The van der Waals surface area contributed by atoms with Gasteiger partial charge in [0, 0.05) is 11.6 Å². The van der Waals surface area contributed by atoms with E-state index in [0.717, 1.165) is 0 Å². The molecule has 0 saturated heterocycles. The summed E-state index contributed by atoms with van der Waals surface area (Å²) in [5, 5.41) is 1.73. The van der Waals surface area contributed by atoms with E-state index in [1.807, 2.05) is 0 Å². The molecule has 1 aromatic heterocycles. The maximum absolute atomic E-state index is 11.1. The van der Waals surface area contributed by atoms with Gasteiger partial charge in [0.15, 0.2) is 0 Å². The van der Waals surface area contributed by atoms with E-state index in [1.54, 1.807) is 11.4 Å². The first-order valence-corrected chi connectivity index (χ1v) is 4.93. The number of carbonyl (C=O) groups excluding carboxylic acids is 1. The fraction of sp³-hybridized carbons (Fsp3) is 0.111. The number of methoxy groups -OCH3 is 1. The quantitative estimate of drug-likeness (QED) is 0.593. The third kappa shape index (κ3) is 3.10. The second kappa shape index (κ2) is 5.16. The van der Waals surface area contributed by atoms with E-state index in [0.29, 0.717) is 16.3 Å². The van der Waals surface area contributed by atoms with Gasteiger partial charge in [-0.2, -0.15) is 0 Å². The second-order valence-corrected chi connectivity index (χ2v) is 3.50. The Bertz CT molecular complexity index is 409. The van der Waals surface area contributed by atoms with Gasteiger partial charge in [-0.1, -0.05) is 0 Å². The van der Waals surface area contributed by atoms with Crippen molar-refractivity contribution in [1.82, 2.24) is 0 Å². The lowest BCUT2D eigenvalue weighted by atomic mass is 10.4. The van der Waals surface area contributed by atoms with E-state index < -0.39 is 0 Å². The molecule has 0 aliphatic heterocycles. The maximum atomic E-state index is 11.1. The maximum Gasteiger partial charge on any atom is 0.348 e. The van der Waals surface area contributed by atoms with Crippen LogP contribution in [0.2, 0.25) is 0 Å². The molecule has 1 aromatic rings. The predicted octanol–water partition coefficient (Wildman–Crippen LogP) is 0.996. The number of rotatable bonds is 3. The van der Waals surface area contributed by atoms with E-state index in [2.05, 4.69) is 9.73 Å². The fourth-order valence-corrected chi connectivity index (χ4v) is 1.54. The average molecular weight is 225 g/mol. The van der Waals surface area contributed by atoms with E-state index in [-0.39, 0.29) is 5.97 Å². The van der Waals surface area contributed by atoms with Gasteiger partial charge >= 0.3 is 5.97 Å². The van der Waals surface area contributed by atoms with E-state index in [9.17, 15) is 4.79 Å². The number of hydrogen-bond donors (Lipinski definition) is 2. The summed E-state index contributed by atoms with van der Waals surface area (Å²) in [7, 11) is 1.33. The van der Waals surface area contributed by atoms with Gasteiger partial charge in [0.05, 0.1) is 24.7 Å². The highest BCUT2D eigenvalue weighted by molar-refractivity contribution is 7.12. The first-order valence-electron chi connectivity index (χ1n) is 4.05. The minimum Gasteiger partial charge on any atom is -0.465 e. The number of esters is 1. The Balaban J connectivity index is 2.77. The molecule has 4 N–H and O–H groups in total. The van der Waals surface area contributed by atoms with Crippen LogP contribution >= 0.6 is 11.3 Å². The molecule has 0 atom stereocenters. The molecule has 0 amide bonds. The molecule has 0 radical (unpaired) electrons. The number of nitrogens with zero attached hydrogens (tertiary/aromatic N) is 1. The van der Waals surface area contributed by atoms with Crippen molar-refractivity contribution in [3.8, 4) is 0 Å². The van der Waals surface area contributed by atoms with Crippen molar-refractivity contribution in [2.45, 2.75) is 0 Å². The van der Waals surface area contributed by atoms with Gasteiger partial charge in [0.2, 0.25) is 0 Å². The molecule has 15 heavy (non-hydrogen) atoms. The molecular formula is C9H11N3O2S. The molecule has 6 heteroatoms. The monoisotopic (exact) mass is 225 g/mol. The Hall–Kier alpha value is -1.82. The molecule has 0 aliphatic rings. The highest BCUT2D eigenvalue weighted by atomic mass is 32.1. The second-order valence-electron chi connectivity index (χ2n) is 2.59. The normalized spacial score (nSPS) is 11.9. The third-order valence-electron chi connectivity index (χ3n) is 1.53. The van der Waals surface area contributed by atoms with Crippen molar-refractivity contribution >= 4 is 29.2 Å². The molecule has 5 nitrogen and oxygen atoms in total. The molecule has 80 valence electrons. The highest BCUT2D eigenvalue weighted by Crippen LogP contribution is 2.22. The summed E-state index contributed by atoms with van der Waals surface area (Å²) in [5.41, 5.74) is 11.6. The third-order valence-corrected chi connectivity index (χ3v) is 2.43. The smallest absolute Gasteiger partial charge is 0.348 e. The zero-order valence-corrected chi connectivity index (χ0v) is 8.95. The number of nitrogens with two attached hydrogens (primary N) is 2. The minimum absolute atomic E-state index is 0.362. The summed E-state index contributed by atoms with van der Waals surface area (Å²) >= 11 is 1.26. The van der Waals surface area contributed by atoms with Crippen LogP contribution in [-0.4, -0.2) is 19.3 Å². The number of hydrogen-bond acceptors (Lipinski definition) is 6. The predicted molar refractivity (Wildman–Crippen MR) is 60.3 cm³/mol. The van der Waals surface area contributed by atoms with Gasteiger partial charge in [-0.25, -0.2) is 4.79 Å². The van der Waals surface area contributed by atoms with E-state index in [1.165, 1.54) is 30.9 Å². The molecular weight excluding hydrogens is 214 g/mol. The summed E-state index contributed by atoms with van der Waals surface area (Å²) < 4.78 is 4.56. The Kier molecular flexibility index (Phi) is 3.87. The lowest BCUT2D eigenvalue weighted by molar-refractivity contribution is 0.0606. The summed E-state index contributed by atoms with van der Waals surface area (Å²) in [5.74, 6) is -0.371. The Morgan fingerprint density at radius 2 is 2.40 bits per heavy atom. The van der Waals surface area contributed by atoms with Gasteiger partial charge < -0.3 is 16.2 Å². The first kappa shape index (κ1) is 11.3. The largest absolute Gasteiger partial charge is 0.465 e. The van der Waals surface area contributed by atoms with Crippen LogP contribution in [0.1, 0.15) is 9.67 Å². The topological polar surface area (TPSA) is 90.7 Å². The molecule has 0 spiro atoms. The van der Waals surface area contributed by atoms with Crippen LogP contribution in [0.4, 0.5) is 5.69 Å².